The summed E-state index contributed by atoms with van der Waals surface area (Å²) in [7, 11) is 1.92. The average molecular weight is 460 g/mol. The second kappa shape index (κ2) is 11.1. The van der Waals surface area contributed by atoms with Gasteiger partial charge in [0.05, 0.1) is 5.56 Å². The van der Waals surface area contributed by atoms with Gasteiger partial charge in [-0.25, -0.2) is 0 Å². The summed E-state index contributed by atoms with van der Waals surface area (Å²) in [6, 6.07) is 16.1. The van der Waals surface area contributed by atoms with Crippen molar-refractivity contribution >= 4 is 29.2 Å². The minimum atomic E-state index is 0.0348. The Morgan fingerprint density at radius 2 is 1.85 bits per heavy atom. The second-order valence-electron chi connectivity index (χ2n) is 8.46. The van der Waals surface area contributed by atoms with Gasteiger partial charge in [-0.3, -0.25) is 14.6 Å². The molecule has 33 heavy (non-hydrogen) atoms. The van der Waals surface area contributed by atoms with Crippen LogP contribution in [0.25, 0.3) is 6.08 Å². The molecular formula is C27H29N3O2S. The van der Waals surface area contributed by atoms with E-state index in [0.29, 0.717) is 19.0 Å². The van der Waals surface area contributed by atoms with Crippen LogP contribution in [0, 0.1) is 5.92 Å². The van der Waals surface area contributed by atoms with Crippen molar-refractivity contribution in [1.29, 1.82) is 0 Å². The van der Waals surface area contributed by atoms with Gasteiger partial charge in [-0.15, -0.1) is 0 Å². The maximum atomic E-state index is 13.1. The van der Waals surface area contributed by atoms with Crippen LogP contribution in [0.2, 0.25) is 0 Å². The first-order valence-electron chi connectivity index (χ1n) is 11.3. The third-order valence-electron chi connectivity index (χ3n) is 6.39. The molecule has 1 aliphatic heterocycles. The lowest BCUT2D eigenvalue weighted by molar-refractivity contribution is -0.127. The number of thiophene rings is 1. The van der Waals surface area contributed by atoms with Crippen LogP contribution in [0.5, 0.6) is 0 Å². The summed E-state index contributed by atoms with van der Waals surface area (Å²) in [5.41, 5.74) is 2.94. The van der Waals surface area contributed by atoms with Gasteiger partial charge in [-0.05, 0) is 66.0 Å². The predicted octanol–water partition coefficient (Wildman–Crippen LogP) is 4.78. The summed E-state index contributed by atoms with van der Waals surface area (Å²) >= 11 is 1.54. The van der Waals surface area contributed by atoms with Gasteiger partial charge in [0.1, 0.15) is 0 Å². The van der Waals surface area contributed by atoms with E-state index in [2.05, 4.69) is 17.1 Å². The standard InChI is InChI=1S/C27H29N3O2S/c1-29(27(32)24-13-18-33-20-24)25(19-22-5-3-2-4-6-22)23-11-16-30(17-12-23)26(31)8-7-21-9-14-28-15-10-21/h2-10,13-15,18,20,23,25H,11-12,16-17,19H2,1H3/b8-7+. The lowest BCUT2D eigenvalue weighted by atomic mass is 9.84. The number of hydrogen-bond acceptors (Lipinski definition) is 4. The highest BCUT2D eigenvalue weighted by Gasteiger charge is 2.32. The van der Waals surface area contributed by atoms with Crippen LogP contribution in [0.15, 0.2) is 77.8 Å². The van der Waals surface area contributed by atoms with Gasteiger partial charge in [0.2, 0.25) is 5.91 Å². The number of amides is 2. The van der Waals surface area contributed by atoms with Crippen molar-refractivity contribution in [3.8, 4) is 0 Å². The minimum Gasteiger partial charge on any atom is -0.339 e. The van der Waals surface area contributed by atoms with Gasteiger partial charge in [0, 0.05) is 50.0 Å². The molecule has 1 saturated heterocycles. The van der Waals surface area contributed by atoms with Crippen LogP contribution >= 0.6 is 11.3 Å². The fourth-order valence-corrected chi connectivity index (χ4v) is 5.10. The highest BCUT2D eigenvalue weighted by atomic mass is 32.1. The van der Waals surface area contributed by atoms with Crippen LogP contribution in [-0.4, -0.2) is 52.8 Å². The molecule has 2 amide bonds. The Kier molecular flexibility index (Phi) is 7.68. The van der Waals surface area contributed by atoms with E-state index < -0.39 is 0 Å². The van der Waals surface area contributed by atoms with E-state index in [9.17, 15) is 9.59 Å². The summed E-state index contributed by atoms with van der Waals surface area (Å²) in [5.74, 6) is 0.439. The molecule has 1 atom stereocenters. The normalized spacial score (nSPS) is 15.5. The van der Waals surface area contributed by atoms with E-state index in [4.69, 9.17) is 0 Å². The fourth-order valence-electron chi connectivity index (χ4n) is 4.47. The Morgan fingerprint density at radius 1 is 1.12 bits per heavy atom. The van der Waals surface area contributed by atoms with Gasteiger partial charge in [0.15, 0.2) is 0 Å². The fraction of sp³-hybridized carbons (Fsp3) is 0.296. The summed E-state index contributed by atoms with van der Waals surface area (Å²) < 4.78 is 0. The van der Waals surface area contributed by atoms with Crippen LogP contribution in [0.4, 0.5) is 0 Å². The molecule has 0 bridgehead atoms. The summed E-state index contributed by atoms with van der Waals surface area (Å²) in [6.07, 6.45) is 9.49. The number of carbonyl (C=O) groups is 2. The zero-order valence-corrected chi connectivity index (χ0v) is 19.7. The van der Waals surface area contributed by atoms with E-state index in [-0.39, 0.29) is 17.9 Å². The van der Waals surface area contributed by atoms with Crippen molar-refractivity contribution in [2.75, 3.05) is 20.1 Å². The molecule has 6 heteroatoms. The molecule has 2 aromatic heterocycles. The number of pyridine rings is 1. The molecule has 170 valence electrons. The lowest BCUT2D eigenvalue weighted by Gasteiger charge is -2.40. The van der Waals surface area contributed by atoms with Crippen molar-refractivity contribution in [2.24, 2.45) is 5.92 Å². The maximum absolute atomic E-state index is 13.1. The van der Waals surface area contributed by atoms with Crippen molar-refractivity contribution in [1.82, 2.24) is 14.8 Å². The Morgan fingerprint density at radius 3 is 2.52 bits per heavy atom. The van der Waals surface area contributed by atoms with Crippen LogP contribution in [-0.2, 0) is 11.2 Å². The number of benzene rings is 1. The summed E-state index contributed by atoms with van der Waals surface area (Å²) in [5, 5.41) is 3.85. The van der Waals surface area contributed by atoms with Crippen LogP contribution in [0.1, 0.15) is 34.3 Å². The molecule has 5 nitrogen and oxygen atoms in total. The number of aromatic nitrogens is 1. The maximum Gasteiger partial charge on any atom is 0.254 e. The third kappa shape index (κ3) is 5.96. The lowest BCUT2D eigenvalue weighted by Crippen LogP contribution is -2.48. The SMILES string of the molecule is CN(C(=O)c1ccsc1)C(Cc1ccccc1)C1CCN(C(=O)/C=C/c2ccncc2)CC1. The largest absolute Gasteiger partial charge is 0.339 e. The van der Waals surface area contributed by atoms with E-state index >= 15 is 0 Å². The van der Waals surface area contributed by atoms with E-state index in [1.54, 1.807) is 29.8 Å². The van der Waals surface area contributed by atoms with Crippen molar-refractivity contribution in [3.05, 3.63) is 94.5 Å². The topological polar surface area (TPSA) is 53.5 Å². The molecule has 3 heterocycles. The molecule has 0 radical (unpaired) electrons. The number of nitrogens with zero attached hydrogens (tertiary/aromatic N) is 3. The average Bonchev–Trinajstić information content (AvgIpc) is 3.41. The molecule has 0 saturated carbocycles. The van der Waals surface area contributed by atoms with Gasteiger partial charge in [-0.2, -0.15) is 11.3 Å². The molecular weight excluding hydrogens is 430 g/mol. The summed E-state index contributed by atoms with van der Waals surface area (Å²) in [4.78, 5) is 33.7. The molecule has 1 fully saturated rings. The first-order valence-corrected chi connectivity index (χ1v) is 12.3. The smallest absolute Gasteiger partial charge is 0.254 e. The minimum absolute atomic E-state index is 0.0348. The first-order chi connectivity index (χ1) is 16.1. The molecule has 0 spiro atoms. The van der Waals surface area contributed by atoms with E-state index in [0.717, 1.165) is 30.4 Å². The number of likely N-dealkylation sites (N-methyl/N-ethyl adjacent to an activating group) is 1. The van der Waals surface area contributed by atoms with Crippen LogP contribution in [0.3, 0.4) is 0 Å². The van der Waals surface area contributed by atoms with Crippen molar-refractivity contribution in [2.45, 2.75) is 25.3 Å². The highest BCUT2D eigenvalue weighted by molar-refractivity contribution is 7.08. The molecule has 0 aliphatic carbocycles. The number of carbonyl (C=O) groups excluding carboxylic acids is 2. The van der Waals surface area contributed by atoms with E-state index in [1.165, 1.54) is 5.56 Å². The Bertz CT molecular complexity index is 1060. The predicted molar refractivity (Wildman–Crippen MR) is 133 cm³/mol. The Balaban J connectivity index is 1.43. The third-order valence-corrected chi connectivity index (χ3v) is 7.08. The number of likely N-dealkylation sites (tertiary alicyclic amines) is 1. The van der Waals surface area contributed by atoms with Crippen molar-refractivity contribution in [3.63, 3.8) is 0 Å². The number of hydrogen-bond donors (Lipinski definition) is 0. The molecule has 1 aromatic carbocycles. The van der Waals surface area contributed by atoms with Gasteiger partial charge < -0.3 is 9.80 Å². The zero-order chi connectivity index (χ0) is 23.0. The van der Waals surface area contributed by atoms with Gasteiger partial charge >= 0.3 is 0 Å². The molecule has 0 N–H and O–H groups in total. The number of piperidine rings is 1. The molecule has 4 rings (SSSR count). The van der Waals surface area contributed by atoms with Gasteiger partial charge in [-0.1, -0.05) is 30.3 Å². The molecule has 1 aliphatic rings. The molecule has 3 aromatic rings. The second-order valence-corrected chi connectivity index (χ2v) is 9.24. The molecule has 1 unspecified atom stereocenters. The first kappa shape index (κ1) is 22.9. The van der Waals surface area contributed by atoms with Crippen molar-refractivity contribution < 1.29 is 9.59 Å². The Labute approximate surface area is 199 Å². The van der Waals surface area contributed by atoms with Crippen LogP contribution < -0.4 is 0 Å². The monoisotopic (exact) mass is 459 g/mol. The van der Waals surface area contributed by atoms with Gasteiger partial charge in [0.25, 0.3) is 5.91 Å². The highest BCUT2D eigenvalue weighted by Crippen LogP contribution is 2.28. The zero-order valence-electron chi connectivity index (χ0n) is 18.8. The van der Waals surface area contributed by atoms with E-state index in [1.807, 2.05) is 70.1 Å². The number of rotatable bonds is 7. The quantitative estimate of drug-likeness (QED) is 0.478. The summed E-state index contributed by atoms with van der Waals surface area (Å²) in [6.45, 7) is 1.41. The Hall–Kier alpha value is -3.25.